The number of rotatable bonds is 4. The number of hydrogen-bond donors (Lipinski definition) is 1. The van der Waals surface area contributed by atoms with Gasteiger partial charge in [0.05, 0.1) is 12.0 Å². The summed E-state index contributed by atoms with van der Waals surface area (Å²) in [6, 6.07) is 12.3. The van der Waals surface area contributed by atoms with Crippen LogP contribution in [-0.2, 0) is 10.0 Å². The van der Waals surface area contributed by atoms with Gasteiger partial charge in [-0.15, -0.1) is 0 Å². The Morgan fingerprint density at radius 1 is 1.00 bits per heavy atom. The topological polar surface area (TPSA) is 55.4 Å². The number of nitrogens with one attached hydrogen (secondary N) is 1. The molecule has 0 saturated heterocycles. The van der Waals surface area contributed by atoms with Gasteiger partial charge in [-0.2, -0.15) is 0 Å². The first-order chi connectivity index (χ1) is 9.44. The molecule has 0 aliphatic heterocycles. The predicted octanol–water partition coefficient (Wildman–Crippen LogP) is 3.11. The molecule has 106 valence electrons. The lowest BCUT2D eigenvalue weighted by molar-refractivity contribution is 0.413. The highest BCUT2D eigenvalue weighted by molar-refractivity contribution is 7.92. The standard InChI is InChI=1S/C15H17NO3S/c1-11-9-14(19-3)10-12(2)15(11)20(17,18)16-13-7-5-4-6-8-13/h4-10,16H,1-3H3. The van der Waals surface area contributed by atoms with Crippen LogP contribution in [0.1, 0.15) is 11.1 Å². The van der Waals surface area contributed by atoms with Crippen molar-refractivity contribution in [3.8, 4) is 5.75 Å². The smallest absolute Gasteiger partial charge is 0.262 e. The minimum atomic E-state index is -3.61. The molecule has 0 amide bonds. The van der Waals surface area contributed by atoms with Crippen LogP contribution in [0, 0.1) is 13.8 Å². The van der Waals surface area contributed by atoms with E-state index in [1.54, 1.807) is 57.4 Å². The maximum Gasteiger partial charge on any atom is 0.262 e. The number of anilines is 1. The molecule has 4 nitrogen and oxygen atoms in total. The molecular weight excluding hydrogens is 274 g/mol. The first-order valence-electron chi connectivity index (χ1n) is 6.17. The Morgan fingerprint density at radius 3 is 2.05 bits per heavy atom. The molecule has 0 atom stereocenters. The first-order valence-corrected chi connectivity index (χ1v) is 7.65. The van der Waals surface area contributed by atoms with Gasteiger partial charge < -0.3 is 4.74 Å². The Labute approximate surface area is 119 Å². The number of benzene rings is 2. The zero-order valence-electron chi connectivity index (χ0n) is 11.7. The maximum absolute atomic E-state index is 12.5. The normalized spacial score (nSPS) is 11.2. The number of methoxy groups -OCH3 is 1. The zero-order chi connectivity index (χ0) is 14.8. The van der Waals surface area contributed by atoms with Gasteiger partial charge in [-0.05, 0) is 49.2 Å². The minimum absolute atomic E-state index is 0.294. The van der Waals surface area contributed by atoms with E-state index >= 15 is 0 Å². The molecule has 1 N–H and O–H groups in total. The Balaban J connectivity index is 2.45. The van der Waals surface area contributed by atoms with Crippen molar-refractivity contribution in [2.45, 2.75) is 18.7 Å². The van der Waals surface area contributed by atoms with Crippen LogP contribution in [0.25, 0.3) is 0 Å². The Kier molecular flexibility index (Phi) is 3.99. The summed E-state index contributed by atoms with van der Waals surface area (Å²) < 4.78 is 32.7. The average molecular weight is 291 g/mol. The molecule has 0 spiro atoms. The Hall–Kier alpha value is -2.01. The molecule has 2 aromatic carbocycles. The summed E-state index contributed by atoms with van der Waals surface area (Å²) in [5.74, 6) is 0.652. The summed E-state index contributed by atoms with van der Waals surface area (Å²) in [4.78, 5) is 0.294. The summed E-state index contributed by atoms with van der Waals surface area (Å²) in [6.07, 6.45) is 0. The molecule has 0 saturated carbocycles. The lowest BCUT2D eigenvalue weighted by Crippen LogP contribution is -2.15. The largest absolute Gasteiger partial charge is 0.497 e. The fraction of sp³-hybridized carbons (Fsp3) is 0.200. The summed E-state index contributed by atoms with van der Waals surface area (Å²) >= 11 is 0. The summed E-state index contributed by atoms with van der Waals surface area (Å²) in [5.41, 5.74) is 1.86. The monoisotopic (exact) mass is 291 g/mol. The second-order valence-corrected chi connectivity index (χ2v) is 6.18. The summed E-state index contributed by atoms with van der Waals surface area (Å²) in [5, 5.41) is 0. The molecule has 5 heteroatoms. The number of ether oxygens (including phenoxy) is 1. The number of para-hydroxylation sites is 1. The van der Waals surface area contributed by atoms with Crippen molar-refractivity contribution >= 4 is 15.7 Å². The Bertz CT molecular complexity index is 686. The van der Waals surface area contributed by atoms with Crippen LogP contribution in [-0.4, -0.2) is 15.5 Å². The SMILES string of the molecule is COc1cc(C)c(S(=O)(=O)Nc2ccccc2)c(C)c1. The molecule has 0 bridgehead atoms. The fourth-order valence-corrected chi connectivity index (χ4v) is 3.68. The van der Waals surface area contributed by atoms with Crippen LogP contribution in [0.5, 0.6) is 5.75 Å². The van der Waals surface area contributed by atoms with E-state index in [9.17, 15) is 8.42 Å². The summed E-state index contributed by atoms with van der Waals surface area (Å²) in [7, 11) is -2.05. The third kappa shape index (κ3) is 2.93. The van der Waals surface area contributed by atoms with E-state index in [4.69, 9.17) is 4.74 Å². The van der Waals surface area contributed by atoms with Gasteiger partial charge in [0.1, 0.15) is 5.75 Å². The highest BCUT2D eigenvalue weighted by atomic mass is 32.2. The van der Waals surface area contributed by atoms with Gasteiger partial charge in [0, 0.05) is 5.69 Å². The molecule has 0 aliphatic carbocycles. The van der Waals surface area contributed by atoms with Crippen LogP contribution in [0.3, 0.4) is 0 Å². The average Bonchev–Trinajstić information content (AvgIpc) is 2.37. The van der Waals surface area contributed by atoms with E-state index in [1.807, 2.05) is 6.07 Å². The summed E-state index contributed by atoms with van der Waals surface area (Å²) in [6.45, 7) is 3.52. The lowest BCUT2D eigenvalue weighted by atomic mass is 10.1. The second kappa shape index (κ2) is 5.54. The van der Waals surface area contributed by atoms with Gasteiger partial charge >= 0.3 is 0 Å². The third-order valence-electron chi connectivity index (χ3n) is 2.96. The number of aryl methyl sites for hydroxylation is 2. The maximum atomic E-state index is 12.5. The quantitative estimate of drug-likeness (QED) is 0.941. The van der Waals surface area contributed by atoms with Gasteiger partial charge in [0.15, 0.2) is 0 Å². The van der Waals surface area contributed by atoms with Gasteiger partial charge in [-0.25, -0.2) is 8.42 Å². The van der Waals surface area contributed by atoms with Gasteiger partial charge in [-0.1, -0.05) is 18.2 Å². The molecule has 0 radical (unpaired) electrons. The van der Waals surface area contributed by atoms with E-state index < -0.39 is 10.0 Å². The predicted molar refractivity (Wildman–Crippen MR) is 79.7 cm³/mol. The van der Waals surface area contributed by atoms with Crippen molar-refractivity contribution in [2.75, 3.05) is 11.8 Å². The molecule has 0 fully saturated rings. The van der Waals surface area contributed by atoms with Gasteiger partial charge in [-0.3, -0.25) is 4.72 Å². The van der Waals surface area contributed by atoms with E-state index in [2.05, 4.69) is 4.72 Å². The van der Waals surface area contributed by atoms with Gasteiger partial charge in [0.25, 0.3) is 10.0 Å². The first kappa shape index (κ1) is 14.4. The number of hydrogen-bond acceptors (Lipinski definition) is 3. The van der Waals surface area contributed by atoms with Crippen LogP contribution in [0.2, 0.25) is 0 Å². The van der Waals surface area contributed by atoms with E-state index in [0.717, 1.165) is 0 Å². The molecule has 0 aliphatic rings. The van der Waals surface area contributed by atoms with Crippen LogP contribution >= 0.6 is 0 Å². The molecule has 2 aromatic rings. The highest BCUT2D eigenvalue weighted by Crippen LogP contribution is 2.27. The molecule has 20 heavy (non-hydrogen) atoms. The Morgan fingerprint density at radius 2 is 1.55 bits per heavy atom. The minimum Gasteiger partial charge on any atom is -0.497 e. The molecule has 0 aromatic heterocycles. The van der Waals surface area contributed by atoms with Crippen molar-refractivity contribution in [2.24, 2.45) is 0 Å². The lowest BCUT2D eigenvalue weighted by Gasteiger charge is -2.14. The zero-order valence-corrected chi connectivity index (χ0v) is 12.5. The molecule has 0 unspecified atom stereocenters. The van der Waals surface area contributed by atoms with Crippen molar-refractivity contribution < 1.29 is 13.2 Å². The van der Waals surface area contributed by atoms with Crippen molar-refractivity contribution in [3.63, 3.8) is 0 Å². The molecular formula is C15H17NO3S. The van der Waals surface area contributed by atoms with E-state index in [1.165, 1.54) is 0 Å². The van der Waals surface area contributed by atoms with Gasteiger partial charge in [0.2, 0.25) is 0 Å². The fourth-order valence-electron chi connectivity index (χ4n) is 2.16. The number of sulfonamides is 1. The van der Waals surface area contributed by atoms with E-state index in [0.29, 0.717) is 27.5 Å². The van der Waals surface area contributed by atoms with Crippen LogP contribution < -0.4 is 9.46 Å². The van der Waals surface area contributed by atoms with E-state index in [-0.39, 0.29) is 0 Å². The molecule has 2 rings (SSSR count). The molecule has 0 heterocycles. The van der Waals surface area contributed by atoms with Crippen molar-refractivity contribution in [1.29, 1.82) is 0 Å². The van der Waals surface area contributed by atoms with Crippen molar-refractivity contribution in [3.05, 3.63) is 53.6 Å². The third-order valence-corrected chi connectivity index (χ3v) is 4.65. The second-order valence-electron chi connectivity index (χ2n) is 4.56. The highest BCUT2D eigenvalue weighted by Gasteiger charge is 2.20. The van der Waals surface area contributed by atoms with Crippen LogP contribution in [0.15, 0.2) is 47.4 Å². The van der Waals surface area contributed by atoms with Crippen molar-refractivity contribution in [1.82, 2.24) is 0 Å². The van der Waals surface area contributed by atoms with Crippen LogP contribution in [0.4, 0.5) is 5.69 Å².